The summed E-state index contributed by atoms with van der Waals surface area (Å²) in [7, 11) is 0. The summed E-state index contributed by atoms with van der Waals surface area (Å²) >= 11 is 12.8. The number of carbonyl (C=O) groups is 1. The minimum atomic E-state index is -0.348. The van der Waals surface area contributed by atoms with Crippen molar-refractivity contribution in [2.75, 3.05) is 0 Å². The van der Waals surface area contributed by atoms with Crippen molar-refractivity contribution in [1.82, 2.24) is 5.32 Å². The molecule has 3 nitrogen and oxygen atoms in total. The van der Waals surface area contributed by atoms with Crippen LogP contribution in [0.1, 0.15) is 61.6 Å². The quantitative estimate of drug-likeness (QED) is 0.648. The van der Waals surface area contributed by atoms with Gasteiger partial charge in [-0.05, 0) is 73.4 Å². The predicted molar refractivity (Wildman–Crippen MR) is 116 cm³/mol. The second kappa shape index (κ2) is 7.67. The summed E-state index contributed by atoms with van der Waals surface area (Å²) in [5.41, 5.74) is 2.46. The van der Waals surface area contributed by atoms with E-state index in [1.54, 1.807) is 6.07 Å². The second-order valence-corrected chi connectivity index (χ2v) is 9.21. The Labute approximate surface area is 182 Å². The van der Waals surface area contributed by atoms with Crippen LogP contribution in [-0.2, 0) is 4.79 Å². The van der Waals surface area contributed by atoms with Gasteiger partial charge in [0.1, 0.15) is 0 Å². The van der Waals surface area contributed by atoms with Crippen LogP contribution in [-0.4, -0.2) is 11.9 Å². The highest BCUT2D eigenvalue weighted by atomic mass is 35.5. The number of carbonyl (C=O) groups excluding carboxylic acids is 1. The fourth-order valence-corrected chi connectivity index (χ4v) is 6.24. The van der Waals surface area contributed by atoms with Gasteiger partial charge in [0.2, 0.25) is 5.91 Å². The van der Waals surface area contributed by atoms with Gasteiger partial charge in [-0.2, -0.15) is 5.26 Å². The molecule has 1 N–H and O–H groups in total. The molecule has 1 heterocycles. The largest absolute Gasteiger partial charge is 0.353 e. The van der Waals surface area contributed by atoms with E-state index in [2.05, 4.69) is 37.4 Å². The minimum Gasteiger partial charge on any atom is -0.353 e. The van der Waals surface area contributed by atoms with Crippen LogP contribution < -0.4 is 5.32 Å². The molecule has 0 radical (unpaired) electrons. The number of halogens is 2. The molecule has 1 aliphatic heterocycles. The first-order valence-corrected chi connectivity index (χ1v) is 10.9. The summed E-state index contributed by atoms with van der Waals surface area (Å²) in [6, 6.07) is 15.8. The number of nitrogens with zero attached hydrogens (tertiary/aromatic N) is 1. The molecule has 2 aromatic rings. The Morgan fingerprint density at radius 1 is 1.21 bits per heavy atom. The molecule has 2 fully saturated rings. The molecular formula is C24H24Cl2N2O. The number of amides is 1. The molecule has 1 aliphatic carbocycles. The van der Waals surface area contributed by atoms with E-state index in [1.165, 1.54) is 5.56 Å². The van der Waals surface area contributed by atoms with Crippen LogP contribution in [0.15, 0.2) is 42.5 Å². The van der Waals surface area contributed by atoms with E-state index in [1.807, 2.05) is 24.3 Å². The van der Waals surface area contributed by atoms with E-state index < -0.39 is 0 Å². The van der Waals surface area contributed by atoms with Gasteiger partial charge >= 0.3 is 0 Å². The van der Waals surface area contributed by atoms with Crippen LogP contribution in [0, 0.1) is 22.7 Å². The molecule has 5 atom stereocenters. The number of hydrogen-bond donors (Lipinski definition) is 1. The molecule has 0 spiro atoms. The van der Waals surface area contributed by atoms with Crippen LogP contribution in [0.2, 0.25) is 10.0 Å². The Balaban J connectivity index is 1.86. The smallest absolute Gasteiger partial charge is 0.226 e. The topological polar surface area (TPSA) is 52.9 Å². The molecule has 5 heteroatoms. The van der Waals surface area contributed by atoms with Crippen LogP contribution >= 0.6 is 23.2 Å². The third kappa shape index (κ3) is 3.23. The maximum atomic E-state index is 13.0. The van der Waals surface area contributed by atoms with Gasteiger partial charge in [-0.25, -0.2) is 0 Å². The maximum Gasteiger partial charge on any atom is 0.226 e. The molecule has 0 bridgehead atoms. The molecule has 150 valence electrons. The monoisotopic (exact) mass is 426 g/mol. The van der Waals surface area contributed by atoms with Gasteiger partial charge in [0, 0.05) is 22.0 Å². The van der Waals surface area contributed by atoms with Crippen molar-refractivity contribution in [3.8, 4) is 6.07 Å². The van der Waals surface area contributed by atoms with E-state index in [0.29, 0.717) is 15.6 Å². The molecule has 0 aromatic heterocycles. The molecule has 29 heavy (non-hydrogen) atoms. The molecule has 4 rings (SSSR count). The summed E-state index contributed by atoms with van der Waals surface area (Å²) in [5, 5.41) is 13.8. The van der Waals surface area contributed by atoms with Crippen molar-refractivity contribution in [2.24, 2.45) is 11.3 Å². The molecule has 2 aliphatic rings. The fraction of sp³-hybridized carbons (Fsp3) is 0.417. The lowest BCUT2D eigenvalue weighted by molar-refractivity contribution is -0.131. The Bertz CT molecular complexity index is 981. The van der Waals surface area contributed by atoms with E-state index in [9.17, 15) is 10.1 Å². The molecule has 2 aromatic carbocycles. The highest BCUT2D eigenvalue weighted by Gasteiger charge is 2.59. The maximum absolute atomic E-state index is 13.0. The fourth-order valence-electron chi connectivity index (χ4n) is 5.79. The van der Waals surface area contributed by atoms with Gasteiger partial charge < -0.3 is 5.32 Å². The SMILES string of the molecule is CCC12CCC(c3ccc(C#N)cc3Cl)C(c3ccc(Cl)cc3)C1C(C)NC2=O. The first kappa shape index (κ1) is 20.3. The van der Waals surface area contributed by atoms with E-state index in [4.69, 9.17) is 23.2 Å². The predicted octanol–water partition coefficient (Wildman–Crippen LogP) is 6.06. The normalized spacial score (nSPS) is 31.1. The Morgan fingerprint density at radius 2 is 1.93 bits per heavy atom. The van der Waals surface area contributed by atoms with Crippen molar-refractivity contribution >= 4 is 29.1 Å². The van der Waals surface area contributed by atoms with Gasteiger partial charge in [0.05, 0.1) is 17.0 Å². The van der Waals surface area contributed by atoms with Crippen molar-refractivity contribution in [3.05, 3.63) is 69.2 Å². The molecule has 1 amide bonds. The summed E-state index contributed by atoms with van der Waals surface area (Å²) in [5.74, 6) is 0.670. The molecule has 1 saturated heterocycles. The lowest BCUT2D eigenvalue weighted by Gasteiger charge is -2.47. The van der Waals surface area contributed by atoms with Crippen LogP contribution in [0.4, 0.5) is 0 Å². The Morgan fingerprint density at radius 3 is 2.55 bits per heavy atom. The first-order valence-electron chi connectivity index (χ1n) is 10.2. The van der Waals surface area contributed by atoms with E-state index in [-0.39, 0.29) is 35.1 Å². The van der Waals surface area contributed by atoms with Gasteiger partial charge in [0.25, 0.3) is 0 Å². The minimum absolute atomic E-state index is 0.0862. The number of nitriles is 1. The number of rotatable bonds is 3. The zero-order valence-corrected chi connectivity index (χ0v) is 18.1. The van der Waals surface area contributed by atoms with Crippen molar-refractivity contribution in [2.45, 2.75) is 51.0 Å². The standard InChI is InChI=1S/C24H24Cl2N2O/c1-3-24-11-10-19(18-9-4-15(13-27)12-20(18)26)21(16-5-7-17(25)8-6-16)22(24)14(2)28-23(24)29/h4-9,12,14,19,21-22H,3,10-11H2,1-2H3,(H,28,29). The van der Waals surface area contributed by atoms with Crippen molar-refractivity contribution in [3.63, 3.8) is 0 Å². The molecular weight excluding hydrogens is 403 g/mol. The van der Waals surface area contributed by atoms with E-state index >= 15 is 0 Å². The summed E-state index contributed by atoms with van der Waals surface area (Å²) in [6.45, 7) is 4.24. The number of hydrogen-bond acceptors (Lipinski definition) is 2. The van der Waals surface area contributed by atoms with Crippen molar-refractivity contribution in [1.29, 1.82) is 5.26 Å². The van der Waals surface area contributed by atoms with E-state index in [0.717, 1.165) is 24.8 Å². The summed E-state index contributed by atoms with van der Waals surface area (Å²) in [4.78, 5) is 13.0. The average molecular weight is 427 g/mol. The average Bonchev–Trinajstić information content (AvgIpc) is 2.98. The third-order valence-corrected chi connectivity index (χ3v) is 7.70. The van der Waals surface area contributed by atoms with Crippen LogP contribution in [0.5, 0.6) is 0 Å². The molecule has 5 unspecified atom stereocenters. The van der Waals surface area contributed by atoms with Gasteiger partial charge in [-0.1, -0.05) is 48.3 Å². The van der Waals surface area contributed by atoms with Gasteiger partial charge in [-0.15, -0.1) is 0 Å². The van der Waals surface area contributed by atoms with Gasteiger partial charge in [-0.3, -0.25) is 4.79 Å². The third-order valence-electron chi connectivity index (χ3n) is 7.12. The summed E-state index contributed by atoms with van der Waals surface area (Å²) in [6.07, 6.45) is 2.55. The lowest BCUT2D eigenvalue weighted by Crippen LogP contribution is -2.43. The number of nitrogens with one attached hydrogen (secondary N) is 1. The zero-order valence-electron chi connectivity index (χ0n) is 16.6. The molecule has 1 saturated carbocycles. The summed E-state index contributed by atoms with van der Waals surface area (Å²) < 4.78 is 0. The second-order valence-electron chi connectivity index (χ2n) is 8.37. The zero-order chi connectivity index (χ0) is 20.8. The van der Waals surface area contributed by atoms with Crippen molar-refractivity contribution < 1.29 is 4.79 Å². The van der Waals surface area contributed by atoms with Crippen LogP contribution in [0.3, 0.4) is 0 Å². The first-order chi connectivity index (χ1) is 13.9. The number of fused-ring (bicyclic) bond motifs is 1. The Hall–Kier alpha value is -2.02. The lowest BCUT2D eigenvalue weighted by atomic mass is 9.54. The highest BCUT2D eigenvalue weighted by molar-refractivity contribution is 6.31. The van der Waals surface area contributed by atoms with Crippen LogP contribution in [0.25, 0.3) is 0 Å². The highest BCUT2D eigenvalue weighted by Crippen LogP contribution is 2.60. The Kier molecular flexibility index (Phi) is 5.36. The number of benzene rings is 2. The van der Waals surface area contributed by atoms with Gasteiger partial charge in [0.15, 0.2) is 0 Å².